The molecule has 37 heavy (non-hydrogen) atoms. The molecule has 1 heterocycles. The van der Waals surface area contributed by atoms with Crippen LogP contribution in [0.15, 0.2) is 42.5 Å². The molecule has 1 aliphatic rings. The molecule has 202 valence electrons. The maximum Gasteiger partial charge on any atom is 0.416 e. The van der Waals surface area contributed by atoms with Crippen LogP contribution in [0.25, 0.3) is 11.1 Å². The van der Waals surface area contributed by atoms with Crippen LogP contribution >= 0.6 is 0 Å². The molecule has 11 heteroatoms. The summed E-state index contributed by atoms with van der Waals surface area (Å²) in [5.74, 6) is -0.341. The third kappa shape index (κ3) is 7.17. The number of carbonyl (C=O) groups is 2. The Morgan fingerprint density at radius 1 is 0.946 bits per heavy atom. The monoisotopic (exact) mass is 530 g/mol. The summed E-state index contributed by atoms with van der Waals surface area (Å²) in [5, 5.41) is 0. The highest BCUT2D eigenvalue weighted by atomic mass is 19.4. The van der Waals surface area contributed by atoms with Gasteiger partial charge in [0.2, 0.25) is 5.91 Å². The molecule has 0 N–H and O–H groups in total. The molecule has 0 saturated carbocycles. The highest BCUT2D eigenvalue weighted by Gasteiger charge is 2.39. The molecule has 1 aliphatic heterocycles. The van der Waals surface area contributed by atoms with Gasteiger partial charge in [-0.1, -0.05) is 18.2 Å². The minimum atomic E-state index is -4.96. The zero-order valence-corrected chi connectivity index (χ0v) is 20.8. The topological polar surface area (TPSA) is 49.9 Å². The molecule has 1 saturated heterocycles. The quantitative estimate of drug-likeness (QED) is 0.411. The molecule has 3 rings (SSSR count). The van der Waals surface area contributed by atoms with E-state index in [0.29, 0.717) is 37.1 Å². The lowest BCUT2D eigenvalue weighted by atomic mass is 9.97. The van der Waals surface area contributed by atoms with E-state index in [9.17, 15) is 35.9 Å². The van der Waals surface area contributed by atoms with E-state index in [-0.39, 0.29) is 29.6 Å². The fraction of sp³-hybridized carbons (Fsp3) is 0.462. The van der Waals surface area contributed by atoms with Crippen molar-refractivity contribution < 1.29 is 40.7 Å². The Morgan fingerprint density at radius 2 is 1.54 bits per heavy atom. The van der Waals surface area contributed by atoms with Gasteiger partial charge in [-0.25, -0.2) is 4.79 Å². The van der Waals surface area contributed by atoms with E-state index in [1.165, 1.54) is 35.0 Å². The number of likely N-dealkylation sites (N-methyl/N-ethyl adjacent to an activating group) is 1. The number of halogens is 6. The number of rotatable bonds is 4. The van der Waals surface area contributed by atoms with Gasteiger partial charge in [-0.3, -0.25) is 9.69 Å². The van der Waals surface area contributed by atoms with Gasteiger partial charge in [-0.2, -0.15) is 26.3 Å². The van der Waals surface area contributed by atoms with E-state index < -0.39 is 41.2 Å². The largest absolute Gasteiger partial charge is 0.444 e. The lowest BCUT2D eigenvalue weighted by Gasteiger charge is -2.30. The number of hydrogen-bond donors (Lipinski definition) is 0. The Balaban J connectivity index is 1.83. The summed E-state index contributed by atoms with van der Waals surface area (Å²) in [6, 6.07) is 6.66. The zero-order chi connectivity index (χ0) is 27.8. The summed E-state index contributed by atoms with van der Waals surface area (Å²) >= 11 is 0. The van der Waals surface area contributed by atoms with Gasteiger partial charge < -0.3 is 9.64 Å². The Hall–Kier alpha value is -3.24. The summed E-state index contributed by atoms with van der Waals surface area (Å²) < 4.78 is 85.0. The van der Waals surface area contributed by atoms with E-state index in [2.05, 4.69) is 0 Å². The van der Waals surface area contributed by atoms with Crippen molar-refractivity contribution in [3.8, 4) is 11.1 Å². The summed E-state index contributed by atoms with van der Waals surface area (Å²) in [4.78, 5) is 28.4. The summed E-state index contributed by atoms with van der Waals surface area (Å²) in [6.45, 7) is 5.57. The highest BCUT2D eigenvalue weighted by molar-refractivity contribution is 5.86. The molecule has 0 bridgehead atoms. The molecule has 2 aromatic carbocycles. The van der Waals surface area contributed by atoms with E-state index in [1.54, 1.807) is 26.8 Å². The van der Waals surface area contributed by atoms with Crippen LogP contribution in [0, 0.1) is 0 Å². The second-order valence-electron chi connectivity index (χ2n) is 10.0. The van der Waals surface area contributed by atoms with Crippen LogP contribution in [0.4, 0.5) is 31.1 Å². The van der Waals surface area contributed by atoms with Crippen molar-refractivity contribution in [3.63, 3.8) is 0 Å². The maximum absolute atomic E-state index is 13.3. The van der Waals surface area contributed by atoms with Gasteiger partial charge in [0.1, 0.15) is 11.6 Å². The lowest BCUT2D eigenvalue weighted by Crippen LogP contribution is -2.47. The van der Waals surface area contributed by atoms with Gasteiger partial charge in [-0.05, 0) is 74.6 Å². The smallest absolute Gasteiger partial charge is 0.416 e. The van der Waals surface area contributed by atoms with Crippen LogP contribution in [0.1, 0.15) is 50.3 Å². The average molecular weight is 531 g/mol. The molecule has 0 aliphatic carbocycles. The van der Waals surface area contributed by atoms with Crippen molar-refractivity contribution in [2.24, 2.45) is 0 Å². The van der Waals surface area contributed by atoms with Gasteiger partial charge in [-0.15, -0.1) is 0 Å². The SMILES string of the molecule is CN(Cc1cccc(-c2cc(C(F)(F)F)cc(C(F)(F)F)c2)c1)C(=O)[C@@H]1CCCN1C(=O)OC(C)(C)C. The first-order valence-electron chi connectivity index (χ1n) is 11.6. The number of amides is 2. The average Bonchev–Trinajstić information content (AvgIpc) is 3.26. The Labute approximate surface area is 211 Å². The van der Waals surface area contributed by atoms with Crippen molar-refractivity contribution >= 4 is 12.0 Å². The van der Waals surface area contributed by atoms with Crippen molar-refractivity contribution in [1.82, 2.24) is 9.80 Å². The third-order valence-electron chi connectivity index (χ3n) is 5.81. The fourth-order valence-corrected chi connectivity index (χ4v) is 4.14. The van der Waals surface area contributed by atoms with Crippen LogP contribution in [0.3, 0.4) is 0 Å². The fourth-order valence-electron chi connectivity index (χ4n) is 4.14. The highest BCUT2D eigenvalue weighted by Crippen LogP contribution is 2.38. The van der Waals surface area contributed by atoms with Gasteiger partial charge in [0.15, 0.2) is 0 Å². The molecule has 2 amide bonds. The van der Waals surface area contributed by atoms with E-state index in [4.69, 9.17) is 4.74 Å². The number of hydrogen-bond acceptors (Lipinski definition) is 3. The molecule has 1 atom stereocenters. The van der Waals surface area contributed by atoms with Gasteiger partial charge in [0.05, 0.1) is 11.1 Å². The minimum Gasteiger partial charge on any atom is -0.444 e. The molecular weight excluding hydrogens is 502 g/mol. The van der Waals surface area contributed by atoms with Gasteiger partial charge >= 0.3 is 18.4 Å². The maximum atomic E-state index is 13.3. The van der Waals surface area contributed by atoms with Gasteiger partial charge in [0.25, 0.3) is 0 Å². The standard InChI is InChI=1S/C26H28F6N2O3/c1-24(2,3)37-23(36)34-10-6-9-21(34)22(35)33(4)15-16-7-5-8-17(11-16)18-12-19(25(27,28)29)14-20(13-18)26(30,31)32/h5,7-8,11-14,21H,6,9-10,15H2,1-4H3/t21-/m0/s1. The van der Waals surface area contributed by atoms with E-state index >= 15 is 0 Å². The molecule has 0 spiro atoms. The summed E-state index contributed by atoms with van der Waals surface area (Å²) in [5.41, 5.74) is -3.14. The second-order valence-corrected chi connectivity index (χ2v) is 10.0. The van der Waals surface area contributed by atoms with Crippen molar-refractivity contribution in [2.45, 2.75) is 64.2 Å². The van der Waals surface area contributed by atoms with Crippen LogP contribution in [-0.4, -0.2) is 47.0 Å². The number of ether oxygens (including phenoxy) is 1. The van der Waals surface area contributed by atoms with E-state index in [1.807, 2.05) is 0 Å². The predicted octanol–water partition coefficient (Wildman–Crippen LogP) is 6.75. The van der Waals surface area contributed by atoms with Crippen LogP contribution < -0.4 is 0 Å². The minimum absolute atomic E-state index is 0.0381. The number of likely N-dealkylation sites (tertiary alicyclic amines) is 1. The molecular formula is C26H28F6N2O3. The Kier molecular flexibility index (Phi) is 7.85. The first-order valence-corrected chi connectivity index (χ1v) is 11.6. The van der Waals surface area contributed by atoms with Crippen LogP contribution in [-0.2, 0) is 28.4 Å². The second kappa shape index (κ2) is 10.3. The zero-order valence-electron chi connectivity index (χ0n) is 20.8. The number of nitrogens with zero attached hydrogens (tertiary/aromatic N) is 2. The first-order chi connectivity index (χ1) is 17.0. The van der Waals surface area contributed by atoms with Gasteiger partial charge in [0, 0.05) is 20.1 Å². The van der Waals surface area contributed by atoms with Crippen molar-refractivity contribution in [2.75, 3.05) is 13.6 Å². The molecule has 0 radical (unpaired) electrons. The molecule has 1 fully saturated rings. The molecule has 0 aromatic heterocycles. The number of carbonyl (C=O) groups excluding carboxylic acids is 2. The molecule has 5 nitrogen and oxygen atoms in total. The van der Waals surface area contributed by atoms with Crippen LogP contribution in [0.5, 0.6) is 0 Å². The first kappa shape index (κ1) is 28.3. The van der Waals surface area contributed by atoms with E-state index in [0.717, 1.165) is 0 Å². The normalized spacial score (nSPS) is 16.6. The Morgan fingerprint density at radius 3 is 2.08 bits per heavy atom. The lowest BCUT2D eigenvalue weighted by molar-refractivity contribution is -0.143. The number of alkyl halides is 6. The predicted molar refractivity (Wildman–Crippen MR) is 124 cm³/mol. The summed E-state index contributed by atoms with van der Waals surface area (Å²) in [7, 11) is 1.52. The third-order valence-corrected chi connectivity index (χ3v) is 5.81. The molecule has 2 aromatic rings. The molecule has 0 unspecified atom stereocenters. The number of benzene rings is 2. The van der Waals surface area contributed by atoms with Crippen molar-refractivity contribution in [3.05, 3.63) is 59.2 Å². The van der Waals surface area contributed by atoms with Crippen molar-refractivity contribution in [1.29, 1.82) is 0 Å². The van der Waals surface area contributed by atoms with Crippen LogP contribution in [0.2, 0.25) is 0 Å². The summed E-state index contributed by atoms with van der Waals surface area (Å²) in [6.07, 6.45) is -9.43. The Bertz CT molecular complexity index is 1120.